The van der Waals surface area contributed by atoms with Crippen LogP contribution in [-0.4, -0.2) is 35.2 Å². The van der Waals surface area contributed by atoms with E-state index in [1.807, 2.05) is 6.26 Å². The molecule has 1 unspecified atom stereocenters. The van der Waals surface area contributed by atoms with Gasteiger partial charge in [0.1, 0.15) is 0 Å². The zero-order valence-electron chi connectivity index (χ0n) is 11.4. The zero-order chi connectivity index (χ0) is 13.5. The Morgan fingerprint density at radius 1 is 1.42 bits per heavy atom. The normalized spacial score (nSPS) is 20.2. The number of thiocarbonyl (C=S) groups is 1. The van der Waals surface area contributed by atoms with Crippen LogP contribution in [0.1, 0.15) is 18.4 Å². The number of ether oxygens (including phenoxy) is 1. The van der Waals surface area contributed by atoms with Crippen molar-refractivity contribution in [3.63, 3.8) is 0 Å². The van der Waals surface area contributed by atoms with Crippen LogP contribution in [0, 0.1) is 5.92 Å². The molecule has 0 spiro atoms. The van der Waals surface area contributed by atoms with E-state index in [1.165, 1.54) is 36.7 Å². The maximum atomic E-state index is 5.60. The molecule has 1 saturated heterocycles. The number of likely N-dealkylation sites (tertiary alicyclic amines) is 1. The average Bonchev–Trinajstić information content (AvgIpc) is 2.46. The number of thioether (sulfide) groups is 1. The molecular weight excluding hydrogens is 274 g/mol. The first-order valence-electron chi connectivity index (χ1n) is 6.75. The van der Waals surface area contributed by atoms with Crippen LogP contribution in [0.2, 0.25) is 0 Å². The van der Waals surface area contributed by atoms with Crippen molar-refractivity contribution < 1.29 is 4.74 Å². The molecule has 2 nitrogen and oxygen atoms in total. The quantitative estimate of drug-likeness (QED) is 0.787. The van der Waals surface area contributed by atoms with Gasteiger partial charge in [-0.2, -0.15) is 0 Å². The van der Waals surface area contributed by atoms with Gasteiger partial charge in [-0.15, -0.1) is 0 Å². The van der Waals surface area contributed by atoms with Gasteiger partial charge in [-0.05, 0) is 43.4 Å². The smallest absolute Gasteiger partial charge is 0.219 e. The molecule has 1 atom stereocenters. The van der Waals surface area contributed by atoms with Gasteiger partial charge in [-0.1, -0.05) is 42.1 Å². The lowest BCUT2D eigenvalue weighted by Gasteiger charge is -2.32. The highest BCUT2D eigenvalue weighted by Crippen LogP contribution is 2.19. The van der Waals surface area contributed by atoms with Crippen LogP contribution in [0.4, 0.5) is 0 Å². The van der Waals surface area contributed by atoms with Crippen LogP contribution >= 0.6 is 24.0 Å². The summed E-state index contributed by atoms with van der Waals surface area (Å²) in [7, 11) is 0. The van der Waals surface area contributed by atoms with E-state index < -0.39 is 0 Å². The van der Waals surface area contributed by atoms with Crippen LogP contribution in [0.3, 0.4) is 0 Å². The number of benzene rings is 1. The first-order valence-corrected chi connectivity index (χ1v) is 8.38. The van der Waals surface area contributed by atoms with E-state index in [9.17, 15) is 0 Å². The molecule has 0 radical (unpaired) electrons. The topological polar surface area (TPSA) is 12.5 Å². The summed E-state index contributed by atoms with van der Waals surface area (Å²) in [5.41, 5.74) is 1.39. The lowest BCUT2D eigenvalue weighted by Crippen LogP contribution is -2.36. The molecule has 1 fully saturated rings. The third kappa shape index (κ3) is 5.13. The molecule has 1 aliphatic rings. The van der Waals surface area contributed by atoms with Crippen molar-refractivity contribution in [1.82, 2.24) is 4.90 Å². The van der Waals surface area contributed by atoms with Crippen LogP contribution in [0.5, 0.6) is 0 Å². The fourth-order valence-electron chi connectivity index (χ4n) is 2.52. The van der Waals surface area contributed by atoms with Crippen LogP contribution < -0.4 is 0 Å². The molecule has 4 heteroatoms. The summed E-state index contributed by atoms with van der Waals surface area (Å²) in [6.45, 7) is 4.12. The fraction of sp³-hybridized carbons (Fsp3) is 0.533. The summed E-state index contributed by atoms with van der Waals surface area (Å²) in [6.07, 6.45) is 4.47. The van der Waals surface area contributed by atoms with Gasteiger partial charge >= 0.3 is 0 Å². The molecule has 0 saturated carbocycles. The SMILES string of the molecule is CSC(=S)OCC1CCCN(Cc2ccccc2)C1. The Hall–Kier alpha value is -0.580. The molecule has 19 heavy (non-hydrogen) atoms. The van der Waals surface area contributed by atoms with Crippen molar-refractivity contribution in [1.29, 1.82) is 0 Å². The second kappa shape index (κ2) is 7.88. The second-order valence-corrected chi connectivity index (χ2v) is 6.40. The van der Waals surface area contributed by atoms with E-state index >= 15 is 0 Å². The van der Waals surface area contributed by atoms with Crippen molar-refractivity contribution in [2.45, 2.75) is 19.4 Å². The van der Waals surface area contributed by atoms with Crippen molar-refractivity contribution >= 4 is 28.4 Å². The summed E-state index contributed by atoms with van der Waals surface area (Å²) >= 11 is 6.60. The Morgan fingerprint density at radius 3 is 2.95 bits per heavy atom. The van der Waals surface area contributed by atoms with Crippen LogP contribution in [0.15, 0.2) is 30.3 Å². The highest BCUT2D eigenvalue weighted by Gasteiger charge is 2.20. The summed E-state index contributed by atoms with van der Waals surface area (Å²) in [4.78, 5) is 2.52. The van der Waals surface area contributed by atoms with Gasteiger partial charge in [-0.3, -0.25) is 4.90 Å². The van der Waals surface area contributed by atoms with Crippen LogP contribution in [-0.2, 0) is 11.3 Å². The van der Waals surface area contributed by atoms with Crippen molar-refractivity contribution in [2.24, 2.45) is 5.92 Å². The Bertz CT molecular complexity index is 396. The third-order valence-corrected chi connectivity index (χ3v) is 4.52. The van der Waals surface area contributed by atoms with Gasteiger partial charge in [0.15, 0.2) is 0 Å². The molecule has 0 bridgehead atoms. The summed E-state index contributed by atoms with van der Waals surface area (Å²) < 4.78 is 6.26. The minimum absolute atomic E-state index is 0.613. The van der Waals surface area contributed by atoms with E-state index in [4.69, 9.17) is 17.0 Å². The van der Waals surface area contributed by atoms with E-state index in [1.54, 1.807) is 0 Å². The van der Waals surface area contributed by atoms with Crippen molar-refractivity contribution in [2.75, 3.05) is 26.0 Å². The predicted octanol–water partition coefficient (Wildman–Crippen LogP) is 3.56. The Kier molecular flexibility index (Phi) is 6.14. The molecule has 104 valence electrons. The van der Waals surface area contributed by atoms with E-state index in [-0.39, 0.29) is 0 Å². The van der Waals surface area contributed by atoms with E-state index in [0.717, 1.165) is 19.7 Å². The first kappa shape index (κ1) is 14.8. The molecule has 0 amide bonds. The first-order chi connectivity index (χ1) is 9.28. The fourth-order valence-corrected chi connectivity index (χ4v) is 2.77. The zero-order valence-corrected chi connectivity index (χ0v) is 13.0. The summed E-state index contributed by atoms with van der Waals surface area (Å²) in [5.74, 6) is 0.613. The number of hydrogen-bond acceptors (Lipinski definition) is 4. The number of rotatable bonds is 4. The lowest BCUT2D eigenvalue weighted by molar-refractivity contribution is 0.124. The molecule has 1 heterocycles. The lowest BCUT2D eigenvalue weighted by atomic mass is 9.98. The molecule has 1 aromatic rings. The number of hydrogen-bond donors (Lipinski definition) is 0. The molecular formula is C15H21NOS2. The molecule has 1 aromatic carbocycles. The van der Waals surface area contributed by atoms with Gasteiger partial charge in [0.05, 0.1) is 6.61 Å². The van der Waals surface area contributed by atoms with Gasteiger partial charge in [0.25, 0.3) is 0 Å². The van der Waals surface area contributed by atoms with Gasteiger partial charge < -0.3 is 4.74 Å². The van der Waals surface area contributed by atoms with Gasteiger partial charge in [-0.25, -0.2) is 0 Å². The molecule has 1 aliphatic heterocycles. The monoisotopic (exact) mass is 295 g/mol. The Morgan fingerprint density at radius 2 is 2.21 bits per heavy atom. The highest BCUT2D eigenvalue weighted by molar-refractivity contribution is 8.22. The minimum Gasteiger partial charge on any atom is -0.478 e. The highest BCUT2D eigenvalue weighted by atomic mass is 32.2. The number of nitrogens with zero attached hydrogens (tertiary/aromatic N) is 1. The average molecular weight is 295 g/mol. The molecule has 0 aromatic heterocycles. The van der Waals surface area contributed by atoms with E-state index in [2.05, 4.69) is 35.2 Å². The standard InChI is InChI=1S/C15H21NOS2/c1-19-15(18)17-12-14-8-5-9-16(11-14)10-13-6-3-2-4-7-13/h2-4,6-7,14H,5,8-12H2,1H3. The minimum atomic E-state index is 0.613. The van der Waals surface area contributed by atoms with Gasteiger partial charge in [0, 0.05) is 19.0 Å². The molecule has 0 N–H and O–H groups in total. The van der Waals surface area contributed by atoms with Crippen molar-refractivity contribution in [3.05, 3.63) is 35.9 Å². The molecule has 2 rings (SSSR count). The third-order valence-electron chi connectivity index (χ3n) is 3.46. The Balaban J connectivity index is 1.79. The predicted molar refractivity (Wildman–Crippen MR) is 86.5 cm³/mol. The van der Waals surface area contributed by atoms with E-state index in [0.29, 0.717) is 10.3 Å². The molecule has 0 aliphatic carbocycles. The summed E-state index contributed by atoms with van der Waals surface area (Å²) in [5, 5.41) is 0. The largest absolute Gasteiger partial charge is 0.478 e. The maximum absolute atomic E-state index is 5.60. The van der Waals surface area contributed by atoms with Crippen molar-refractivity contribution in [3.8, 4) is 0 Å². The maximum Gasteiger partial charge on any atom is 0.219 e. The second-order valence-electron chi connectivity index (χ2n) is 4.99. The number of piperidine rings is 1. The van der Waals surface area contributed by atoms with Gasteiger partial charge in [0.2, 0.25) is 4.38 Å². The Labute approximate surface area is 125 Å². The van der Waals surface area contributed by atoms with Crippen LogP contribution in [0.25, 0.3) is 0 Å². The summed E-state index contributed by atoms with van der Waals surface area (Å²) in [6, 6.07) is 10.7.